The predicted molar refractivity (Wildman–Crippen MR) is 133 cm³/mol. The number of carbonyl (C=O) groups is 2. The zero-order valence-electron chi connectivity index (χ0n) is 21.2. The van der Waals surface area contributed by atoms with Gasteiger partial charge in [0.25, 0.3) is 0 Å². The van der Waals surface area contributed by atoms with Gasteiger partial charge < -0.3 is 14.2 Å². The molecule has 1 aromatic carbocycles. The number of aromatic nitrogens is 1. The molecule has 2 aromatic rings. The number of piperidine rings is 1. The molecule has 2 atom stereocenters. The minimum atomic E-state index is -0.689. The third-order valence-electron chi connectivity index (χ3n) is 6.66. The third kappa shape index (κ3) is 6.32. The summed E-state index contributed by atoms with van der Waals surface area (Å²) in [5.41, 5.74) is 1.30. The van der Waals surface area contributed by atoms with Crippen LogP contribution < -0.4 is 9.47 Å². The number of amides is 2. The number of hydrogen-bond donors (Lipinski definition) is 0. The lowest BCUT2D eigenvalue weighted by atomic mass is 9.81. The van der Waals surface area contributed by atoms with E-state index in [0.29, 0.717) is 18.6 Å². The summed E-state index contributed by atoms with van der Waals surface area (Å²) >= 11 is 0. The quantitative estimate of drug-likeness (QED) is 0.542. The van der Waals surface area contributed by atoms with Crippen molar-refractivity contribution in [2.24, 2.45) is 5.92 Å². The Hall–Kier alpha value is -3.09. The van der Waals surface area contributed by atoms with Crippen LogP contribution in [0.25, 0.3) is 0 Å². The van der Waals surface area contributed by atoms with Crippen LogP contribution in [0, 0.1) is 5.92 Å². The summed E-state index contributed by atoms with van der Waals surface area (Å²) in [4.78, 5) is 31.9. The second-order valence-corrected chi connectivity index (χ2v) is 10.6. The standard InChI is InChI=1S/C28H36N2O5/c1-28(2,3)35-27(32)30-18-22(15-21(26(30)31)14-19-8-7-13-29-17-19)20-11-12-24(33-4)25(16-20)34-23-9-5-6-10-23/h7-8,11-13,16-17,21-23H,5-6,9-10,14-15,18H2,1-4H3. The molecule has 4 rings (SSSR count). The number of hydrogen-bond acceptors (Lipinski definition) is 6. The third-order valence-corrected chi connectivity index (χ3v) is 6.66. The Labute approximate surface area is 207 Å². The lowest BCUT2D eigenvalue weighted by Crippen LogP contribution is -2.50. The van der Waals surface area contributed by atoms with Crippen LogP contribution in [0.3, 0.4) is 0 Å². The number of methoxy groups -OCH3 is 1. The summed E-state index contributed by atoms with van der Waals surface area (Å²) in [6.45, 7) is 5.69. The van der Waals surface area contributed by atoms with Crippen LogP contribution in [0.1, 0.15) is 69.9 Å². The maximum absolute atomic E-state index is 13.4. The first kappa shape index (κ1) is 25.0. The molecule has 7 nitrogen and oxygen atoms in total. The maximum Gasteiger partial charge on any atom is 0.417 e. The van der Waals surface area contributed by atoms with E-state index in [1.807, 2.05) is 30.3 Å². The van der Waals surface area contributed by atoms with Crippen molar-refractivity contribution in [3.8, 4) is 11.5 Å². The van der Waals surface area contributed by atoms with E-state index in [-0.39, 0.29) is 30.4 Å². The van der Waals surface area contributed by atoms with Gasteiger partial charge in [-0.2, -0.15) is 0 Å². The zero-order valence-corrected chi connectivity index (χ0v) is 21.2. The Morgan fingerprint density at radius 2 is 1.91 bits per heavy atom. The van der Waals surface area contributed by atoms with Gasteiger partial charge in [0.2, 0.25) is 5.91 Å². The summed E-state index contributed by atoms with van der Waals surface area (Å²) < 4.78 is 17.5. The van der Waals surface area contributed by atoms with Gasteiger partial charge in [-0.3, -0.25) is 9.78 Å². The average molecular weight is 481 g/mol. The molecule has 1 aliphatic carbocycles. The van der Waals surface area contributed by atoms with Gasteiger partial charge in [-0.25, -0.2) is 9.69 Å². The maximum atomic E-state index is 13.4. The SMILES string of the molecule is COc1ccc(C2CC(Cc3cccnc3)C(=O)N(C(=O)OC(C)(C)C)C2)cc1OC1CCCC1. The van der Waals surface area contributed by atoms with Gasteiger partial charge in [-0.05, 0) is 88.6 Å². The highest BCUT2D eigenvalue weighted by molar-refractivity contribution is 5.94. The molecule has 2 amide bonds. The molecule has 2 fully saturated rings. The fourth-order valence-electron chi connectivity index (χ4n) is 4.97. The van der Waals surface area contributed by atoms with Gasteiger partial charge in [-0.15, -0.1) is 0 Å². The van der Waals surface area contributed by atoms with Gasteiger partial charge in [0.15, 0.2) is 11.5 Å². The molecule has 35 heavy (non-hydrogen) atoms. The molecule has 188 valence electrons. The molecule has 0 bridgehead atoms. The molecule has 1 saturated carbocycles. The number of carbonyl (C=O) groups excluding carboxylic acids is 2. The van der Waals surface area contributed by atoms with Crippen LogP contribution in [0.5, 0.6) is 11.5 Å². The number of imide groups is 1. The van der Waals surface area contributed by atoms with Crippen LogP contribution in [-0.2, 0) is 16.0 Å². The van der Waals surface area contributed by atoms with Crippen molar-refractivity contribution in [1.29, 1.82) is 0 Å². The largest absolute Gasteiger partial charge is 0.493 e. The topological polar surface area (TPSA) is 78.0 Å². The van der Waals surface area contributed by atoms with Crippen molar-refractivity contribution in [3.05, 3.63) is 53.9 Å². The van der Waals surface area contributed by atoms with Crippen molar-refractivity contribution in [2.75, 3.05) is 13.7 Å². The Balaban J connectivity index is 1.62. The number of benzene rings is 1. The monoisotopic (exact) mass is 480 g/mol. The Morgan fingerprint density at radius 1 is 1.14 bits per heavy atom. The molecule has 0 N–H and O–H groups in total. The van der Waals surface area contributed by atoms with Gasteiger partial charge >= 0.3 is 6.09 Å². The first-order valence-corrected chi connectivity index (χ1v) is 12.5. The van der Waals surface area contributed by atoms with Gasteiger partial charge in [-0.1, -0.05) is 12.1 Å². The number of likely N-dealkylation sites (tertiary alicyclic amines) is 1. The molecule has 1 aromatic heterocycles. The molecule has 1 saturated heterocycles. The fourth-order valence-corrected chi connectivity index (χ4v) is 4.97. The van der Waals surface area contributed by atoms with Crippen LogP contribution >= 0.6 is 0 Å². The lowest BCUT2D eigenvalue weighted by molar-refractivity contribution is -0.138. The summed E-state index contributed by atoms with van der Waals surface area (Å²) in [7, 11) is 1.64. The smallest absolute Gasteiger partial charge is 0.417 e. The van der Waals surface area contributed by atoms with E-state index in [1.165, 1.54) is 17.7 Å². The first-order valence-electron chi connectivity index (χ1n) is 12.5. The van der Waals surface area contributed by atoms with E-state index in [9.17, 15) is 9.59 Å². The number of ether oxygens (including phenoxy) is 3. The van der Waals surface area contributed by atoms with E-state index in [4.69, 9.17) is 14.2 Å². The van der Waals surface area contributed by atoms with Crippen molar-refractivity contribution < 1.29 is 23.8 Å². The minimum Gasteiger partial charge on any atom is -0.493 e. The van der Waals surface area contributed by atoms with Crippen LogP contribution in [0.4, 0.5) is 4.79 Å². The molecule has 7 heteroatoms. The molecule has 0 radical (unpaired) electrons. The molecular formula is C28H36N2O5. The normalized spacial score (nSPS) is 21.1. The van der Waals surface area contributed by atoms with Crippen LogP contribution in [-0.4, -0.2) is 47.2 Å². The second-order valence-electron chi connectivity index (χ2n) is 10.6. The number of pyridine rings is 1. The predicted octanol–water partition coefficient (Wildman–Crippen LogP) is 5.52. The summed E-state index contributed by atoms with van der Waals surface area (Å²) in [6.07, 6.45) is 8.68. The molecule has 2 heterocycles. The van der Waals surface area contributed by atoms with Crippen LogP contribution in [0.15, 0.2) is 42.7 Å². The second kappa shape index (κ2) is 10.7. The van der Waals surface area contributed by atoms with Crippen molar-refractivity contribution in [1.82, 2.24) is 9.88 Å². The van der Waals surface area contributed by atoms with Crippen LogP contribution in [0.2, 0.25) is 0 Å². The highest BCUT2D eigenvalue weighted by Crippen LogP contribution is 2.39. The highest BCUT2D eigenvalue weighted by Gasteiger charge is 2.40. The van der Waals surface area contributed by atoms with Crippen molar-refractivity contribution >= 4 is 12.0 Å². The lowest BCUT2D eigenvalue weighted by Gasteiger charge is -2.37. The summed E-state index contributed by atoms with van der Waals surface area (Å²) in [6, 6.07) is 9.77. The summed E-state index contributed by atoms with van der Waals surface area (Å²) in [5.74, 6) is 0.825. The van der Waals surface area contributed by atoms with E-state index < -0.39 is 11.7 Å². The first-order chi connectivity index (χ1) is 16.7. The molecule has 2 unspecified atom stereocenters. The number of rotatable bonds is 6. The Bertz CT molecular complexity index is 1030. The molecule has 1 aliphatic heterocycles. The highest BCUT2D eigenvalue weighted by atomic mass is 16.6. The Morgan fingerprint density at radius 3 is 2.57 bits per heavy atom. The minimum absolute atomic E-state index is 0.0428. The molecule has 2 aliphatic rings. The fraction of sp³-hybridized carbons (Fsp3) is 0.536. The van der Waals surface area contributed by atoms with Gasteiger partial charge in [0.05, 0.1) is 13.2 Å². The zero-order chi connectivity index (χ0) is 25.0. The van der Waals surface area contributed by atoms with Crippen molar-refractivity contribution in [2.45, 2.75) is 76.9 Å². The van der Waals surface area contributed by atoms with Crippen molar-refractivity contribution in [3.63, 3.8) is 0 Å². The average Bonchev–Trinajstić information content (AvgIpc) is 3.33. The van der Waals surface area contributed by atoms with E-state index in [0.717, 1.165) is 29.7 Å². The van der Waals surface area contributed by atoms with Gasteiger partial charge in [0.1, 0.15) is 5.60 Å². The molecular weight excluding hydrogens is 444 g/mol. The van der Waals surface area contributed by atoms with E-state index in [1.54, 1.807) is 40.3 Å². The van der Waals surface area contributed by atoms with E-state index in [2.05, 4.69) is 4.98 Å². The molecule has 0 spiro atoms. The summed E-state index contributed by atoms with van der Waals surface area (Å²) in [5, 5.41) is 0. The Kier molecular flexibility index (Phi) is 7.63. The van der Waals surface area contributed by atoms with Gasteiger partial charge in [0, 0.05) is 30.8 Å². The van der Waals surface area contributed by atoms with E-state index >= 15 is 0 Å². The number of nitrogens with zero attached hydrogens (tertiary/aromatic N) is 2.